The first-order chi connectivity index (χ1) is 13.8. The predicted molar refractivity (Wildman–Crippen MR) is 116 cm³/mol. The van der Waals surface area contributed by atoms with Gasteiger partial charge in [0.2, 0.25) is 0 Å². The lowest BCUT2D eigenvalue weighted by molar-refractivity contribution is 0.256. The van der Waals surface area contributed by atoms with Crippen molar-refractivity contribution in [1.29, 1.82) is 0 Å². The molecule has 0 radical (unpaired) electrons. The zero-order valence-electron chi connectivity index (χ0n) is 17.2. The van der Waals surface area contributed by atoms with Crippen LogP contribution in [0.25, 0.3) is 0 Å². The quantitative estimate of drug-likeness (QED) is 0.774. The third-order valence-corrected chi connectivity index (χ3v) is 7.49. The van der Waals surface area contributed by atoms with Crippen molar-refractivity contribution < 1.29 is 13.2 Å². The Bertz CT molecular complexity index is 974. The second kappa shape index (κ2) is 7.95. The van der Waals surface area contributed by atoms with Crippen LogP contribution in [-0.2, 0) is 35.7 Å². The third kappa shape index (κ3) is 4.26. The molecule has 0 spiro atoms. The van der Waals surface area contributed by atoms with Gasteiger partial charge in [0.25, 0.3) is 10.0 Å². The van der Waals surface area contributed by atoms with Crippen molar-refractivity contribution in [3.63, 3.8) is 0 Å². The molecule has 2 amide bonds. The number of hydrogen-bond acceptors (Lipinski definition) is 4. The lowest BCUT2D eigenvalue weighted by Crippen LogP contribution is -2.36. The van der Waals surface area contributed by atoms with E-state index in [2.05, 4.69) is 21.0 Å². The zero-order chi connectivity index (χ0) is 20.6. The number of benzene rings is 1. The maximum atomic E-state index is 12.7. The van der Waals surface area contributed by atoms with E-state index in [1.54, 1.807) is 6.08 Å². The number of nitrogens with one attached hydrogen (secondary N) is 2. The Morgan fingerprint density at radius 2 is 1.62 bits per heavy atom. The fourth-order valence-corrected chi connectivity index (χ4v) is 5.76. The minimum absolute atomic E-state index is 0.263. The van der Waals surface area contributed by atoms with Crippen LogP contribution in [0.5, 0.6) is 0 Å². The highest BCUT2D eigenvalue weighted by atomic mass is 32.2. The van der Waals surface area contributed by atoms with Gasteiger partial charge >= 0.3 is 6.03 Å². The molecule has 4 rings (SSSR count). The number of carbonyl (C=O) groups excluding carboxylic acids is 1. The second-order valence-corrected chi connectivity index (χ2v) is 10.2. The molecule has 0 saturated heterocycles. The number of nitrogens with zero attached hydrogens (tertiary/aromatic N) is 1. The molecule has 0 unspecified atom stereocenters. The van der Waals surface area contributed by atoms with Crippen molar-refractivity contribution in [2.75, 3.05) is 26.0 Å². The van der Waals surface area contributed by atoms with Gasteiger partial charge in [0.05, 0.1) is 4.91 Å². The highest BCUT2D eigenvalue weighted by Gasteiger charge is 2.27. The number of fused-ring (bicyclic) bond motifs is 2. The minimum atomic E-state index is -3.84. The summed E-state index contributed by atoms with van der Waals surface area (Å²) in [5.41, 5.74) is 7.02. The van der Waals surface area contributed by atoms with E-state index >= 15 is 0 Å². The normalized spacial score (nSPS) is 18.2. The summed E-state index contributed by atoms with van der Waals surface area (Å²) in [5, 5.41) is 2.89. The largest absolute Gasteiger partial charge is 0.333 e. The zero-order valence-corrected chi connectivity index (χ0v) is 18.0. The average molecular weight is 416 g/mol. The van der Waals surface area contributed by atoms with Crippen LogP contribution in [0.1, 0.15) is 47.9 Å². The monoisotopic (exact) mass is 415 g/mol. The summed E-state index contributed by atoms with van der Waals surface area (Å²) in [5.74, 6) is 0. The Labute approximate surface area is 173 Å². The molecule has 0 heterocycles. The molecule has 0 aromatic heterocycles. The maximum absolute atomic E-state index is 12.7. The third-order valence-electron chi connectivity index (χ3n) is 6.00. The molecule has 1 aromatic carbocycles. The van der Waals surface area contributed by atoms with Crippen LogP contribution in [0.4, 0.5) is 10.5 Å². The first-order valence-electron chi connectivity index (χ1n) is 10.4. The van der Waals surface area contributed by atoms with Crippen molar-refractivity contribution in [1.82, 2.24) is 9.62 Å². The van der Waals surface area contributed by atoms with E-state index in [1.165, 1.54) is 27.8 Å². The van der Waals surface area contributed by atoms with E-state index in [4.69, 9.17) is 0 Å². The molecule has 0 atom stereocenters. The Morgan fingerprint density at radius 1 is 0.966 bits per heavy atom. The van der Waals surface area contributed by atoms with Crippen molar-refractivity contribution >= 4 is 21.7 Å². The van der Waals surface area contributed by atoms with Gasteiger partial charge in [-0.25, -0.2) is 17.9 Å². The number of aryl methyl sites for hydroxylation is 2. The summed E-state index contributed by atoms with van der Waals surface area (Å²) in [6.07, 6.45) is 10.7. The summed E-state index contributed by atoms with van der Waals surface area (Å²) in [6.45, 7) is 0.808. The second-order valence-electron chi connectivity index (χ2n) is 8.49. The van der Waals surface area contributed by atoms with Gasteiger partial charge in [0, 0.05) is 12.2 Å². The van der Waals surface area contributed by atoms with Gasteiger partial charge in [-0.2, -0.15) is 0 Å². The molecule has 1 aromatic rings. The minimum Gasteiger partial charge on any atom is -0.307 e. The number of hydrogen-bond donors (Lipinski definition) is 2. The van der Waals surface area contributed by atoms with E-state index in [-0.39, 0.29) is 4.91 Å². The predicted octanol–water partition coefficient (Wildman–Crippen LogP) is 3.28. The standard InChI is InChI=1S/C22H29N3O3S/c1-25(2)14-15-9-11-18(12-10-15)29(27,28)24-22(26)23-21-19-7-3-5-16(19)13-17-6-4-8-20(17)21/h9,11,13H,3-8,10,12,14H2,1-2H3,(H2,23,24,26). The van der Waals surface area contributed by atoms with Crippen LogP contribution >= 0.6 is 0 Å². The lowest BCUT2D eigenvalue weighted by atomic mass is 9.99. The molecular formula is C22H29N3O3S. The topological polar surface area (TPSA) is 78.5 Å². The molecule has 0 fully saturated rings. The van der Waals surface area contributed by atoms with Crippen molar-refractivity contribution in [2.45, 2.75) is 51.4 Å². The van der Waals surface area contributed by atoms with Gasteiger partial charge in [0.1, 0.15) is 0 Å². The molecular weight excluding hydrogens is 386 g/mol. The maximum Gasteiger partial charge on any atom is 0.333 e. The SMILES string of the molecule is CN(C)CC1=CC=C(S(=O)(=O)NC(=O)Nc2c3c(cc4c2CCC4)CCC3)CC1. The summed E-state index contributed by atoms with van der Waals surface area (Å²) in [7, 11) is 0.130. The van der Waals surface area contributed by atoms with Crippen LogP contribution in [0.15, 0.2) is 28.7 Å². The van der Waals surface area contributed by atoms with Gasteiger partial charge in [0.15, 0.2) is 0 Å². The van der Waals surface area contributed by atoms with Gasteiger partial charge < -0.3 is 10.2 Å². The Kier molecular flexibility index (Phi) is 5.53. The number of urea groups is 1. The van der Waals surface area contributed by atoms with Crippen LogP contribution in [0.3, 0.4) is 0 Å². The van der Waals surface area contributed by atoms with Crippen molar-refractivity contribution in [3.8, 4) is 0 Å². The number of sulfonamides is 1. The molecule has 156 valence electrons. The first kappa shape index (κ1) is 20.2. The Hall–Kier alpha value is -2.12. The molecule has 2 N–H and O–H groups in total. The van der Waals surface area contributed by atoms with Crippen LogP contribution < -0.4 is 10.0 Å². The number of likely N-dealkylation sites (N-methyl/N-ethyl adjacent to an activating group) is 1. The molecule has 3 aliphatic rings. The Morgan fingerprint density at radius 3 is 2.17 bits per heavy atom. The summed E-state index contributed by atoms with van der Waals surface area (Å²) in [4.78, 5) is 14.9. The van der Waals surface area contributed by atoms with Crippen LogP contribution in [-0.4, -0.2) is 40.0 Å². The first-order valence-corrected chi connectivity index (χ1v) is 11.9. The molecule has 3 aliphatic carbocycles. The number of carbonyl (C=O) groups is 1. The Balaban J connectivity index is 1.50. The fraction of sp³-hybridized carbons (Fsp3) is 0.500. The summed E-state index contributed by atoms with van der Waals surface area (Å²) >= 11 is 0. The highest BCUT2D eigenvalue weighted by molar-refractivity contribution is 7.93. The van der Waals surface area contributed by atoms with E-state index in [0.29, 0.717) is 12.8 Å². The fourth-order valence-electron chi connectivity index (χ4n) is 4.72. The average Bonchev–Trinajstić information content (AvgIpc) is 3.30. The molecule has 0 saturated carbocycles. The van der Waals surface area contributed by atoms with E-state index in [0.717, 1.165) is 50.8 Å². The summed E-state index contributed by atoms with van der Waals surface area (Å²) < 4.78 is 27.6. The molecule has 6 nitrogen and oxygen atoms in total. The van der Waals surface area contributed by atoms with Gasteiger partial charge in [-0.3, -0.25) is 0 Å². The lowest BCUT2D eigenvalue weighted by Gasteiger charge is -2.19. The molecule has 29 heavy (non-hydrogen) atoms. The van der Waals surface area contributed by atoms with Crippen LogP contribution in [0.2, 0.25) is 0 Å². The number of amides is 2. The van der Waals surface area contributed by atoms with E-state index in [9.17, 15) is 13.2 Å². The molecule has 7 heteroatoms. The molecule has 0 aliphatic heterocycles. The van der Waals surface area contributed by atoms with E-state index < -0.39 is 16.1 Å². The van der Waals surface area contributed by atoms with Gasteiger partial charge in [-0.05, 0) is 93.8 Å². The van der Waals surface area contributed by atoms with Gasteiger partial charge in [-0.15, -0.1) is 0 Å². The highest BCUT2D eigenvalue weighted by Crippen LogP contribution is 2.38. The number of rotatable bonds is 5. The molecule has 0 bridgehead atoms. The van der Waals surface area contributed by atoms with Crippen molar-refractivity contribution in [2.24, 2.45) is 0 Å². The van der Waals surface area contributed by atoms with E-state index in [1.807, 2.05) is 20.2 Å². The van der Waals surface area contributed by atoms with Crippen LogP contribution in [0, 0.1) is 0 Å². The number of allylic oxidation sites excluding steroid dienone is 3. The smallest absolute Gasteiger partial charge is 0.307 e. The van der Waals surface area contributed by atoms with Gasteiger partial charge in [-0.1, -0.05) is 17.7 Å². The summed E-state index contributed by atoms with van der Waals surface area (Å²) in [6, 6.07) is 1.62. The van der Waals surface area contributed by atoms with Crippen molar-refractivity contribution in [3.05, 3.63) is 51.0 Å². The number of anilines is 1.